The molecule has 1 aromatic rings. The van der Waals surface area contributed by atoms with Crippen molar-refractivity contribution in [3.8, 4) is 0 Å². The summed E-state index contributed by atoms with van der Waals surface area (Å²) in [5.41, 5.74) is -0.123. The average Bonchev–Trinajstić information content (AvgIpc) is 2.44. The summed E-state index contributed by atoms with van der Waals surface area (Å²) in [6.07, 6.45) is 1.53. The summed E-state index contributed by atoms with van der Waals surface area (Å²) in [7, 11) is 0. The Kier molecular flexibility index (Phi) is 6.05. The minimum atomic E-state index is -0.511. The maximum atomic E-state index is 11.0. The van der Waals surface area contributed by atoms with Crippen LogP contribution in [0.3, 0.4) is 0 Å². The molecule has 0 spiro atoms. The smallest absolute Gasteiger partial charge is 0.293 e. The molecule has 7 heteroatoms. The van der Waals surface area contributed by atoms with E-state index in [1.165, 1.54) is 12.1 Å². The average molecular weight is 321 g/mol. The summed E-state index contributed by atoms with van der Waals surface area (Å²) < 4.78 is 0. The first-order valence-corrected chi connectivity index (χ1v) is 7.13. The van der Waals surface area contributed by atoms with E-state index in [-0.39, 0.29) is 27.8 Å². The lowest BCUT2D eigenvalue weighted by atomic mass is 9.83. The molecule has 0 aliphatic rings. The van der Waals surface area contributed by atoms with E-state index in [9.17, 15) is 15.2 Å². The predicted molar refractivity (Wildman–Crippen MR) is 81.7 cm³/mol. The fourth-order valence-electron chi connectivity index (χ4n) is 1.89. The van der Waals surface area contributed by atoms with Gasteiger partial charge in [0.05, 0.1) is 21.6 Å². The molecule has 0 heterocycles. The fourth-order valence-corrected chi connectivity index (χ4v) is 2.21. The van der Waals surface area contributed by atoms with Gasteiger partial charge >= 0.3 is 0 Å². The molecule has 0 saturated heterocycles. The van der Waals surface area contributed by atoms with Crippen LogP contribution in [0.15, 0.2) is 12.1 Å². The number of nitrogens with zero attached hydrogens (tertiary/aromatic N) is 1. The monoisotopic (exact) mass is 320 g/mol. The summed E-state index contributed by atoms with van der Waals surface area (Å²) in [5, 5.41) is 23.9. The molecule has 0 bridgehead atoms. The molecule has 5 nitrogen and oxygen atoms in total. The molecule has 0 radical (unpaired) electrons. The van der Waals surface area contributed by atoms with Gasteiger partial charge in [-0.1, -0.05) is 37.0 Å². The third kappa shape index (κ3) is 3.75. The number of nitrogens with one attached hydrogen (secondary N) is 1. The van der Waals surface area contributed by atoms with Gasteiger partial charge < -0.3 is 10.4 Å². The molecule has 2 N–H and O–H groups in total. The second-order valence-electron chi connectivity index (χ2n) is 4.76. The molecule has 0 fully saturated rings. The van der Waals surface area contributed by atoms with Crippen LogP contribution in [0.1, 0.15) is 26.7 Å². The predicted octanol–water partition coefficient (Wildman–Crippen LogP) is 4.11. The van der Waals surface area contributed by atoms with Crippen LogP contribution in [-0.4, -0.2) is 23.2 Å². The standard InChI is InChI=1S/C13H18Cl2N2O3/c1-3-13(4-2,8-18)7-16-11-5-9(14)10(15)6-12(11)17(19)20/h5-6,16,18H,3-4,7-8H2,1-2H3. The fraction of sp³-hybridized carbons (Fsp3) is 0.538. The lowest BCUT2D eigenvalue weighted by Gasteiger charge is -2.29. The molecule has 0 aliphatic heterocycles. The van der Waals surface area contributed by atoms with Gasteiger partial charge in [0.2, 0.25) is 0 Å². The van der Waals surface area contributed by atoms with Gasteiger partial charge in [-0.05, 0) is 18.9 Å². The van der Waals surface area contributed by atoms with Crippen LogP contribution in [0.2, 0.25) is 10.0 Å². The van der Waals surface area contributed by atoms with Crippen molar-refractivity contribution in [2.75, 3.05) is 18.5 Å². The van der Waals surface area contributed by atoms with Crippen molar-refractivity contribution >= 4 is 34.6 Å². The highest BCUT2D eigenvalue weighted by Crippen LogP contribution is 2.35. The van der Waals surface area contributed by atoms with E-state index < -0.39 is 4.92 Å². The molecule has 0 saturated carbocycles. The van der Waals surface area contributed by atoms with E-state index in [0.29, 0.717) is 12.2 Å². The van der Waals surface area contributed by atoms with Crippen molar-refractivity contribution in [2.24, 2.45) is 5.41 Å². The first-order valence-electron chi connectivity index (χ1n) is 6.37. The first kappa shape index (κ1) is 17.0. The molecule has 112 valence electrons. The van der Waals surface area contributed by atoms with Crippen molar-refractivity contribution in [3.63, 3.8) is 0 Å². The van der Waals surface area contributed by atoms with Crippen LogP contribution in [0, 0.1) is 15.5 Å². The maximum Gasteiger partial charge on any atom is 0.293 e. The zero-order valence-electron chi connectivity index (χ0n) is 11.4. The number of hydrogen-bond donors (Lipinski definition) is 2. The highest BCUT2D eigenvalue weighted by atomic mass is 35.5. The number of halogens is 2. The van der Waals surface area contributed by atoms with Gasteiger partial charge in [0.1, 0.15) is 5.69 Å². The van der Waals surface area contributed by atoms with Crippen LogP contribution < -0.4 is 5.32 Å². The molecular weight excluding hydrogens is 303 g/mol. The Balaban J connectivity index is 3.03. The zero-order valence-corrected chi connectivity index (χ0v) is 13.0. The molecule has 20 heavy (non-hydrogen) atoms. The van der Waals surface area contributed by atoms with Crippen molar-refractivity contribution in [3.05, 3.63) is 32.3 Å². The molecule has 0 unspecified atom stereocenters. The van der Waals surface area contributed by atoms with Gasteiger partial charge in [0.25, 0.3) is 5.69 Å². The Morgan fingerprint density at radius 1 is 1.30 bits per heavy atom. The van der Waals surface area contributed by atoms with E-state index in [0.717, 1.165) is 12.8 Å². The Labute approximate surface area is 128 Å². The SMILES string of the molecule is CCC(CC)(CO)CNc1cc(Cl)c(Cl)cc1[N+](=O)[O-]. The molecule has 0 atom stereocenters. The summed E-state index contributed by atoms with van der Waals surface area (Å²) in [6, 6.07) is 2.67. The number of anilines is 1. The molecule has 1 rings (SSSR count). The Morgan fingerprint density at radius 2 is 1.85 bits per heavy atom. The Bertz CT molecular complexity index is 482. The third-order valence-corrected chi connectivity index (χ3v) is 4.45. The number of nitro groups is 1. The van der Waals surface area contributed by atoms with Crippen LogP contribution >= 0.6 is 23.2 Å². The van der Waals surface area contributed by atoms with Crippen molar-refractivity contribution in [1.29, 1.82) is 0 Å². The number of aliphatic hydroxyl groups excluding tert-OH is 1. The van der Waals surface area contributed by atoms with E-state index in [2.05, 4.69) is 5.32 Å². The third-order valence-electron chi connectivity index (χ3n) is 3.72. The van der Waals surface area contributed by atoms with Gasteiger partial charge in [0, 0.05) is 18.0 Å². The lowest BCUT2D eigenvalue weighted by molar-refractivity contribution is -0.384. The van der Waals surface area contributed by atoms with Crippen LogP contribution in [0.4, 0.5) is 11.4 Å². The van der Waals surface area contributed by atoms with Crippen LogP contribution in [0.5, 0.6) is 0 Å². The van der Waals surface area contributed by atoms with Gasteiger partial charge in [-0.3, -0.25) is 10.1 Å². The number of aliphatic hydroxyl groups is 1. The van der Waals surface area contributed by atoms with Gasteiger partial charge in [0.15, 0.2) is 0 Å². The van der Waals surface area contributed by atoms with Crippen molar-refractivity contribution in [2.45, 2.75) is 26.7 Å². The largest absolute Gasteiger partial charge is 0.396 e. The highest BCUT2D eigenvalue weighted by molar-refractivity contribution is 6.42. The highest BCUT2D eigenvalue weighted by Gasteiger charge is 2.26. The normalized spacial score (nSPS) is 11.4. The molecule has 0 amide bonds. The second kappa shape index (κ2) is 7.11. The van der Waals surface area contributed by atoms with Gasteiger partial charge in [-0.25, -0.2) is 0 Å². The second-order valence-corrected chi connectivity index (χ2v) is 5.57. The minimum Gasteiger partial charge on any atom is -0.396 e. The Morgan fingerprint density at radius 3 is 2.30 bits per heavy atom. The summed E-state index contributed by atoms with van der Waals surface area (Å²) in [6.45, 7) is 4.40. The van der Waals surface area contributed by atoms with E-state index in [1.54, 1.807) is 0 Å². The Hall–Kier alpha value is -1.04. The molecule has 0 aliphatic carbocycles. The molecule has 0 aromatic heterocycles. The van der Waals surface area contributed by atoms with Crippen LogP contribution in [0.25, 0.3) is 0 Å². The molecular formula is C13H18Cl2N2O3. The van der Waals surface area contributed by atoms with Crippen molar-refractivity contribution < 1.29 is 10.0 Å². The van der Waals surface area contributed by atoms with Gasteiger partial charge in [-0.15, -0.1) is 0 Å². The number of hydrogen-bond acceptors (Lipinski definition) is 4. The summed E-state index contributed by atoms with van der Waals surface area (Å²) in [5.74, 6) is 0. The topological polar surface area (TPSA) is 75.4 Å². The van der Waals surface area contributed by atoms with Gasteiger partial charge in [-0.2, -0.15) is 0 Å². The quantitative estimate of drug-likeness (QED) is 0.585. The van der Waals surface area contributed by atoms with E-state index in [4.69, 9.17) is 23.2 Å². The number of benzene rings is 1. The zero-order chi connectivity index (χ0) is 15.3. The maximum absolute atomic E-state index is 11.0. The van der Waals surface area contributed by atoms with Crippen molar-refractivity contribution in [1.82, 2.24) is 0 Å². The molecule has 1 aromatic carbocycles. The lowest BCUT2D eigenvalue weighted by Crippen LogP contribution is -2.32. The number of rotatable bonds is 7. The minimum absolute atomic E-state index is 0.0160. The van der Waals surface area contributed by atoms with E-state index >= 15 is 0 Å². The van der Waals surface area contributed by atoms with Crippen LogP contribution in [-0.2, 0) is 0 Å². The van der Waals surface area contributed by atoms with E-state index in [1.807, 2.05) is 13.8 Å². The summed E-state index contributed by atoms with van der Waals surface area (Å²) >= 11 is 11.7. The first-order chi connectivity index (χ1) is 9.39. The number of nitro benzene ring substituents is 1. The summed E-state index contributed by atoms with van der Waals surface area (Å²) in [4.78, 5) is 10.5.